The maximum Gasteiger partial charge on any atom is 0.119 e. The number of phenols is 1. The lowest BCUT2D eigenvalue weighted by molar-refractivity contribution is -0.277. The minimum Gasteiger partial charge on any atom is -0.508 e. The van der Waals surface area contributed by atoms with E-state index in [1.165, 1.54) is 11.1 Å². The van der Waals surface area contributed by atoms with Crippen LogP contribution in [-0.2, 0) is 15.6 Å². The SMILES string of the molecule is C=CCOC(C)CN1CC23c4c(O)cccc4C2(C)C(C)(C)C13. The van der Waals surface area contributed by atoms with E-state index >= 15 is 0 Å². The van der Waals surface area contributed by atoms with E-state index in [-0.39, 0.29) is 22.3 Å². The van der Waals surface area contributed by atoms with Crippen molar-refractivity contribution in [2.24, 2.45) is 5.41 Å². The van der Waals surface area contributed by atoms with Gasteiger partial charge in [-0.15, -0.1) is 6.58 Å². The third-order valence-corrected chi connectivity index (χ3v) is 7.17. The van der Waals surface area contributed by atoms with E-state index < -0.39 is 0 Å². The Morgan fingerprint density at radius 1 is 1.43 bits per heavy atom. The van der Waals surface area contributed by atoms with Gasteiger partial charge in [-0.3, -0.25) is 4.90 Å². The fourth-order valence-electron chi connectivity index (χ4n) is 6.17. The van der Waals surface area contributed by atoms with Gasteiger partial charge < -0.3 is 9.84 Å². The van der Waals surface area contributed by atoms with Crippen molar-refractivity contribution in [2.75, 3.05) is 19.7 Å². The molecule has 0 amide bonds. The van der Waals surface area contributed by atoms with Gasteiger partial charge in [-0.05, 0) is 24.0 Å². The molecule has 1 aromatic rings. The van der Waals surface area contributed by atoms with Crippen molar-refractivity contribution in [1.82, 2.24) is 4.90 Å². The maximum atomic E-state index is 10.4. The fraction of sp³-hybridized carbons (Fsp3) is 0.600. The normalized spacial score (nSPS) is 37.3. The number of rotatable bonds is 5. The lowest BCUT2D eigenvalue weighted by Gasteiger charge is -2.88. The molecule has 1 N–H and O–H groups in total. The second-order valence-electron chi connectivity index (χ2n) is 8.28. The van der Waals surface area contributed by atoms with E-state index in [0.717, 1.165) is 13.1 Å². The van der Waals surface area contributed by atoms with Gasteiger partial charge in [-0.2, -0.15) is 0 Å². The van der Waals surface area contributed by atoms with Crippen LogP contribution in [0.1, 0.15) is 38.8 Å². The summed E-state index contributed by atoms with van der Waals surface area (Å²) in [5.41, 5.74) is 3.11. The Balaban J connectivity index is 1.62. The van der Waals surface area contributed by atoms with Crippen LogP contribution in [0.25, 0.3) is 0 Å². The van der Waals surface area contributed by atoms with Crippen LogP contribution in [0.4, 0.5) is 0 Å². The summed E-state index contributed by atoms with van der Waals surface area (Å²) in [6.07, 6.45) is 2.01. The predicted octanol–water partition coefficient (Wildman–Crippen LogP) is 3.22. The van der Waals surface area contributed by atoms with Crippen LogP contribution < -0.4 is 0 Å². The number of ether oxygens (including phenoxy) is 1. The summed E-state index contributed by atoms with van der Waals surface area (Å²) >= 11 is 0. The number of hydrogen-bond donors (Lipinski definition) is 1. The zero-order valence-electron chi connectivity index (χ0n) is 14.6. The van der Waals surface area contributed by atoms with E-state index in [2.05, 4.69) is 45.2 Å². The van der Waals surface area contributed by atoms with Gasteiger partial charge >= 0.3 is 0 Å². The minimum absolute atomic E-state index is 0.148. The van der Waals surface area contributed by atoms with E-state index in [1.807, 2.05) is 12.1 Å². The Bertz CT molecular complexity index is 682. The van der Waals surface area contributed by atoms with Gasteiger partial charge in [0.15, 0.2) is 0 Å². The first-order chi connectivity index (χ1) is 10.8. The molecular formula is C20H27NO2. The molecule has 2 aliphatic carbocycles. The van der Waals surface area contributed by atoms with E-state index in [1.54, 1.807) is 6.08 Å². The molecule has 1 heterocycles. The van der Waals surface area contributed by atoms with Gasteiger partial charge in [-0.1, -0.05) is 39.0 Å². The molecule has 0 aromatic heterocycles. The lowest BCUT2D eigenvalue weighted by Crippen LogP contribution is -2.95. The average Bonchev–Trinajstić information content (AvgIpc) is 2.47. The summed E-state index contributed by atoms with van der Waals surface area (Å²) in [7, 11) is 0. The van der Waals surface area contributed by atoms with Crippen molar-refractivity contribution in [3.05, 3.63) is 42.0 Å². The first-order valence-corrected chi connectivity index (χ1v) is 8.62. The third kappa shape index (κ3) is 1.40. The summed E-state index contributed by atoms with van der Waals surface area (Å²) < 4.78 is 5.76. The largest absolute Gasteiger partial charge is 0.508 e. The van der Waals surface area contributed by atoms with Gasteiger partial charge in [0.1, 0.15) is 5.75 Å². The van der Waals surface area contributed by atoms with Crippen LogP contribution >= 0.6 is 0 Å². The third-order valence-electron chi connectivity index (χ3n) is 7.17. The summed E-state index contributed by atoms with van der Waals surface area (Å²) in [6.45, 7) is 15.6. The Morgan fingerprint density at radius 3 is 2.87 bits per heavy atom. The highest BCUT2D eigenvalue weighted by Gasteiger charge is 2.87. The van der Waals surface area contributed by atoms with Gasteiger partial charge in [0.05, 0.1) is 12.7 Å². The molecule has 124 valence electrons. The number of fused-ring (bicyclic) bond motifs is 2. The highest BCUT2D eigenvalue weighted by molar-refractivity contribution is 5.70. The number of aromatic hydroxyl groups is 1. The van der Waals surface area contributed by atoms with Crippen LogP contribution in [0.5, 0.6) is 5.75 Å². The summed E-state index contributed by atoms with van der Waals surface area (Å²) in [5, 5.41) is 10.4. The van der Waals surface area contributed by atoms with Crippen molar-refractivity contribution >= 4 is 0 Å². The molecule has 4 atom stereocenters. The molecule has 0 radical (unpaired) electrons. The zero-order valence-corrected chi connectivity index (χ0v) is 14.6. The van der Waals surface area contributed by atoms with Crippen LogP contribution in [0.3, 0.4) is 0 Å². The Labute approximate surface area is 139 Å². The second kappa shape index (κ2) is 4.40. The van der Waals surface area contributed by atoms with Gasteiger partial charge in [0, 0.05) is 35.5 Å². The van der Waals surface area contributed by atoms with Gasteiger partial charge in [0.2, 0.25) is 0 Å². The maximum absolute atomic E-state index is 10.4. The predicted molar refractivity (Wildman–Crippen MR) is 91.9 cm³/mol. The fourth-order valence-corrected chi connectivity index (χ4v) is 6.17. The number of piperidine rings is 1. The topological polar surface area (TPSA) is 32.7 Å². The molecule has 4 rings (SSSR count). The molecule has 1 spiro atoms. The molecule has 1 aromatic carbocycles. The molecule has 3 aliphatic rings. The molecule has 0 bridgehead atoms. The number of nitrogens with zero attached hydrogens (tertiary/aromatic N) is 1. The zero-order chi connectivity index (χ0) is 16.6. The van der Waals surface area contributed by atoms with E-state index in [4.69, 9.17) is 4.74 Å². The van der Waals surface area contributed by atoms with E-state index in [9.17, 15) is 5.11 Å². The van der Waals surface area contributed by atoms with Crippen molar-refractivity contribution in [2.45, 2.75) is 50.7 Å². The first-order valence-electron chi connectivity index (χ1n) is 8.62. The smallest absolute Gasteiger partial charge is 0.119 e. The molecule has 1 aliphatic heterocycles. The Morgan fingerprint density at radius 2 is 2.17 bits per heavy atom. The summed E-state index contributed by atoms with van der Waals surface area (Å²) in [5.74, 6) is 0.482. The van der Waals surface area contributed by atoms with Gasteiger partial charge in [0.25, 0.3) is 0 Å². The number of phenolic OH excluding ortho intramolecular Hbond substituents is 1. The molecule has 4 unspecified atom stereocenters. The lowest BCUT2D eigenvalue weighted by atomic mass is 9.22. The molecule has 2 fully saturated rings. The van der Waals surface area contributed by atoms with Gasteiger partial charge in [-0.25, -0.2) is 0 Å². The summed E-state index contributed by atoms with van der Waals surface area (Å²) in [4.78, 5) is 2.55. The second-order valence-corrected chi connectivity index (χ2v) is 8.28. The molecule has 1 saturated carbocycles. The number of benzene rings is 1. The highest BCUT2D eigenvalue weighted by atomic mass is 16.5. The standard InChI is InChI=1S/C20H27NO2/c1-6-10-23-13(2)11-21-12-20-16-14(8-7-9-15(16)22)19(20,5)18(3,4)17(20)21/h6-9,13,17,22H,1,10-12H2,2-5H3. The molecule has 3 heteroatoms. The van der Waals surface area contributed by atoms with Crippen LogP contribution in [0, 0.1) is 5.41 Å². The van der Waals surface area contributed by atoms with Crippen LogP contribution in [0.2, 0.25) is 0 Å². The Kier molecular flexibility index (Phi) is 2.91. The molecule has 1 saturated heterocycles. The average molecular weight is 313 g/mol. The van der Waals surface area contributed by atoms with Crippen molar-refractivity contribution in [3.8, 4) is 5.75 Å². The van der Waals surface area contributed by atoms with Crippen molar-refractivity contribution in [1.29, 1.82) is 0 Å². The van der Waals surface area contributed by atoms with Crippen LogP contribution in [-0.4, -0.2) is 41.8 Å². The number of hydrogen-bond acceptors (Lipinski definition) is 3. The monoisotopic (exact) mass is 313 g/mol. The number of likely N-dealkylation sites (tertiary alicyclic amines) is 1. The highest BCUT2D eigenvalue weighted by Crippen LogP contribution is 2.82. The minimum atomic E-state index is 0.148. The molecular weight excluding hydrogens is 286 g/mol. The molecule has 3 nitrogen and oxygen atoms in total. The molecule has 23 heavy (non-hydrogen) atoms. The van der Waals surface area contributed by atoms with Crippen molar-refractivity contribution < 1.29 is 9.84 Å². The van der Waals surface area contributed by atoms with Crippen LogP contribution in [0.15, 0.2) is 30.9 Å². The Hall–Kier alpha value is -1.32. The first kappa shape index (κ1) is 15.2. The van der Waals surface area contributed by atoms with E-state index in [0.29, 0.717) is 18.4 Å². The summed E-state index contributed by atoms with van der Waals surface area (Å²) in [6, 6.07) is 6.53. The van der Waals surface area contributed by atoms with Crippen molar-refractivity contribution in [3.63, 3.8) is 0 Å². The quantitative estimate of drug-likeness (QED) is 0.847.